The van der Waals surface area contributed by atoms with E-state index in [0.29, 0.717) is 5.56 Å². The van der Waals surface area contributed by atoms with E-state index in [2.05, 4.69) is 18.2 Å². The van der Waals surface area contributed by atoms with Crippen LogP contribution in [-0.4, -0.2) is 12.6 Å². The van der Waals surface area contributed by atoms with E-state index < -0.39 is 5.97 Å². The van der Waals surface area contributed by atoms with Crippen molar-refractivity contribution in [3.63, 3.8) is 0 Å². The highest BCUT2D eigenvalue weighted by molar-refractivity contribution is 5.89. The molecule has 0 fully saturated rings. The number of hydrogen-bond acceptors (Lipinski definition) is 2. The van der Waals surface area contributed by atoms with Crippen LogP contribution in [-0.2, 0) is 4.74 Å². The highest BCUT2D eigenvalue weighted by Gasteiger charge is 2.04. The molecule has 15 heavy (non-hydrogen) atoms. The number of benzene rings is 1. The fourth-order valence-corrected chi connectivity index (χ4v) is 1.02. The minimum absolute atomic E-state index is 0.00680. The quantitative estimate of drug-likeness (QED) is 0.423. The minimum atomic E-state index is -0.415. The van der Waals surface area contributed by atoms with Crippen LogP contribution in [0.15, 0.2) is 36.6 Å². The third kappa shape index (κ3) is 3.19. The van der Waals surface area contributed by atoms with Crippen molar-refractivity contribution >= 4 is 12.0 Å². The lowest BCUT2D eigenvalue weighted by Crippen LogP contribution is -2.04. The molecule has 0 saturated carbocycles. The van der Waals surface area contributed by atoms with E-state index in [1.165, 1.54) is 0 Å². The molecule has 0 aliphatic heterocycles. The molecule has 74 valence electrons. The fourth-order valence-electron chi connectivity index (χ4n) is 1.02. The number of esters is 1. The van der Waals surface area contributed by atoms with Gasteiger partial charge < -0.3 is 4.74 Å². The highest BCUT2D eigenvalue weighted by Crippen LogP contribution is 2.06. The summed E-state index contributed by atoms with van der Waals surface area (Å²) < 4.78 is 4.76. The molecule has 0 atom stereocenters. The Balaban J connectivity index is 2.76. The number of ether oxygens (including phenoxy) is 1. The van der Waals surface area contributed by atoms with Crippen molar-refractivity contribution in [2.45, 2.75) is 0 Å². The Bertz CT molecular complexity index is 429. The average molecular weight is 198 g/mol. The molecule has 1 aromatic rings. The summed E-state index contributed by atoms with van der Waals surface area (Å²) in [4.78, 5) is 11.3. The van der Waals surface area contributed by atoms with Gasteiger partial charge in [0.2, 0.25) is 0 Å². The fraction of sp³-hybridized carbons (Fsp3) is 0.0769. The number of rotatable bonds is 3. The van der Waals surface area contributed by atoms with E-state index in [1.54, 1.807) is 30.3 Å². The summed E-state index contributed by atoms with van der Waals surface area (Å²) in [6, 6.07) is 6.90. The SMILES string of the molecule is C#CCOC(=O)c1ccc(C=C=C)cc1. The summed E-state index contributed by atoms with van der Waals surface area (Å²) in [6.45, 7) is 3.45. The van der Waals surface area contributed by atoms with Gasteiger partial charge in [0.1, 0.15) is 0 Å². The van der Waals surface area contributed by atoms with Crippen molar-refractivity contribution in [2.75, 3.05) is 6.61 Å². The molecule has 1 aromatic carbocycles. The molecule has 0 aliphatic rings. The first-order chi connectivity index (χ1) is 7.27. The van der Waals surface area contributed by atoms with Crippen LogP contribution in [0.5, 0.6) is 0 Å². The molecule has 0 aromatic heterocycles. The third-order valence-corrected chi connectivity index (χ3v) is 1.70. The monoisotopic (exact) mass is 198 g/mol. The average Bonchev–Trinajstić information content (AvgIpc) is 2.27. The number of hydrogen-bond donors (Lipinski definition) is 0. The van der Waals surface area contributed by atoms with Gasteiger partial charge in [0.15, 0.2) is 6.61 Å². The van der Waals surface area contributed by atoms with E-state index >= 15 is 0 Å². The maximum Gasteiger partial charge on any atom is 0.339 e. The summed E-state index contributed by atoms with van der Waals surface area (Å²) in [5.74, 6) is 1.82. The molecule has 0 amide bonds. The molecule has 2 heteroatoms. The van der Waals surface area contributed by atoms with Crippen molar-refractivity contribution in [3.8, 4) is 12.3 Å². The molecule has 1 rings (SSSR count). The van der Waals surface area contributed by atoms with Crippen molar-refractivity contribution in [3.05, 3.63) is 47.7 Å². The second-order valence-electron chi connectivity index (χ2n) is 2.75. The van der Waals surface area contributed by atoms with Gasteiger partial charge in [-0.05, 0) is 23.8 Å². The van der Waals surface area contributed by atoms with Gasteiger partial charge in [-0.15, -0.1) is 12.2 Å². The number of carbonyl (C=O) groups excluding carboxylic acids is 1. The van der Waals surface area contributed by atoms with Gasteiger partial charge in [0.05, 0.1) is 5.56 Å². The Morgan fingerprint density at radius 2 is 2.13 bits per heavy atom. The van der Waals surface area contributed by atoms with E-state index in [0.717, 1.165) is 5.56 Å². The molecule has 0 unspecified atom stereocenters. The maximum atomic E-state index is 11.3. The zero-order valence-electron chi connectivity index (χ0n) is 8.19. The molecule has 0 radical (unpaired) electrons. The molecule has 0 bridgehead atoms. The Morgan fingerprint density at radius 3 is 2.67 bits per heavy atom. The van der Waals surface area contributed by atoms with E-state index in [-0.39, 0.29) is 6.61 Å². The lowest BCUT2D eigenvalue weighted by molar-refractivity contribution is 0.0557. The Morgan fingerprint density at radius 1 is 1.47 bits per heavy atom. The predicted octanol–water partition coefficient (Wildman–Crippen LogP) is 2.27. The van der Waals surface area contributed by atoms with E-state index in [9.17, 15) is 4.79 Å². The molecular weight excluding hydrogens is 188 g/mol. The first-order valence-electron chi connectivity index (χ1n) is 4.34. The second-order valence-corrected chi connectivity index (χ2v) is 2.75. The van der Waals surface area contributed by atoms with Crippen LogP contribution in [0.25, 0.3) is 6.08 Å². The van der Waals surface area contributed by atoms with Crippen LogP contribution in [0.4, 0.5) is 0 Å². The van der Waals surface area contributed by atoms with Crippen LogP contribution in [0.3, 0.4) is 0 Å². The Kier molecular flexibility index (Phi) is 3.97. The largest absolute Gasteiger partial charge is 0.449 e. The normalized spacial score (nSPS) is 8.47. The second kappa shape index (κ2) is 5.49. The summed E-state index contributed by atoms with van der Waals surface area (Å²) >= 11 is 0. The predicted molar refractivity (Wildman–Crippen MR) is 59.2 cm³/mol. The summed E-state index contributed by atoms with van der Waals surface area (Å²) in [7, 11) is 0. The van der Waals surface area contributed by atoms with Gasteiger partial charge in [-0.2, -0.15) is 0 Å². The van der Waals surface area contributed by atoms with Crippen LogP contribution >= 0.6 is 0 Å². The molecule has 2 nitrogen and oxygen atoms in total. The van der Waals surface area contributed by atoms with Gasteiger partial charge in [0.25, 0.3) is 0 Å². The van der Waals surface area contributed by atoms with Crippen LogP contribution in [0.2, 0.25) is 0 Å². The van der Waals surface area contributed by atoms with Gasteiger partial charge in [-0.3, -0.25) is 0 Å². The van der Waals surface area contributed by atoms with E-state index in [4.69, 9.17) is 11.2 Å². The smallest absolute Gasteiger partial charge is 0.339 e. The standard InChI is InChI=1S/C13H10O2/c1-3-5-11-6-8-12(9-7-11)13(14)15-10-4-2/h2,5-9H,1,10H2. The molecule has 0 aliphatic carbocycles. The summed E-state index contributed by atoms with van der Waals surface area (Å²) in [6.07, 6.45) is 6.69. The highest BCUT2D eigenvalue weighted by atomic mass is 16.5. The van der Waals surface area contributed by atoms with Crippen molar-refractivity contribution in [1.29, 1.82) is 0 Å². The van der Waals surface area contributed by atoms with Gasteiger partial charge >= 0.3 is 5.97 Å². The number of terminal acetylenes is 1. The summed E-state index contributed by atoms with van der Waals surface area (Å²) in [5, 5.41) is 0. The summed E-state index contributed by atoms with van der Waals surface area (Å²) in [5.41, 5.74) is 4.06. The molecule has 0 saturated heterocycles. The van der Waals surface area contributed by atoms with Crippen LogP contribution < -0.4 is 0 Å². The van der Waals surface area contributed by atoms with E-state index in [1.807, 2.05) is 0 Å². The van der Waals surface area contributed by atoms with Crippen LogP contribution in [0.1, 0.15) is 15.9 Å². The van der Waals surface area contributed by atoms with Gasteiger partial charge in [-0.1, -0.05) is 24.6 Å². The number of carbonyl (C=O) groups is 1. The van der Waals surface area contributed by atoms with Crippen LogP contribution in [0, 0.1) is 12.3 Å². The van der Waals surface area contributed by atoms with Crippen molar-refractivity contribution in [1.82, 2.24) is 0 Å². The molecular formula is C13H10O2. The molecule has 0 heterocycles. The van der Waals surface area contributed by atoms with Crippen molar-refractivity contribution in [2.24, 2.45) is 0 Å². The third-order valence-electron chi connectivity index (χ3n) is 1.70. The topological polar surface area (TPSA) is 26.3 Å². The Labute approximate surface area is 88.9 Å². The lowest BCUT2D eigenvalue weighted by atomic mass is 10.1. The Hall–Kier alpha value is -2.23. The minimum Gasteiger partial charge on any atom is -0.449 e. The zero-order chi connectivity index (χ0) is 11.1. The first-order valence-corrected chi connectivity index (χ1v) is 4.34. The molecule has 0 N–H and O–H groups in total. The van der Waals surface area contributed by atoms with Gasteiger partial charge in [0, 0.05) is 0 Å². The van der Waals surface area contributed by atoms with Crippen molar-refractivity contribution < 1.29 is 9.53 Å². The lowest BCUT2D eigenvalue weighted by Gasteiger charge is -2.00. The molecule has 0 spiro atoms. The first kappa shape index (κ1) is 10.8. The maximum absolute atomic E-state index is 11.3. The zero-order valence-corrected chi connectivity index (χ0v) is 8.19. The van der Waals surface area contributed by atoms with Gasteiger partial charge in [-0.25, -0.2) is 4.79 Å².